The second-order valence-corrected chi connectivity index (χ2v) is 2.88. The van der Waals surface area contributed by atoms with Crippen molar-refractivity contribution in [2.24, 2.45) is 11.7 Å². The van der Waals surface area contributed by atoms with Gasteiger partial charge in [-0.2, -0.15) is 0 Å². The smallest absolute Gasteiger partial charge is 0.236 e. The van der Waals surface area contributed by atoms with E-state index in [0.29, 0.717) is 6.54 Å². The third-order valence-electron chi connectivity index (χ3n) is 2.07. The first-order valence-electron chi connectivity index (χ1n) is 3.86. The summed E-state index contributed by atoms with van der Waals surface area (Å²) in [6.07, 6.45) is 0.905. The van der Waals surface area contributed by atoms with Gasteiger partial charge in [-0.25, -0.2) is 0 Å². The number of nitrogens with zero attached hydrogens (tertiary/aromatic N) is 1. The van der Waals surface area contributed by atoms with Crippen LogP contribution in [0.15, 0.2) is 0 Å². The number of amides is 1. The van der Waals surface area contributed by atoms with E-state index < -0.39 is 0 Å². The Morgan fingerprint density at radius 2 is 2.45 bits per heavy atom. The molecular weight excluding hydrogens is 144 g/mol. The highest BCUT2D eigenvalue weighted by atomic mass is 16.3. The molecule has 4 heteroatoms. The van der Waals surface area contributed by atoms with Crippen molar-refractivity contribution in [3.8, 4) is 0 Å². The van der Waals surface area contributed by atoms with Gasteiger partial charge < -0.3 is 15.7 Å². The largest absolute Gasteiger partial charge is 0.396 e. The molecule has 1 atom stereocenters. The molecule has 0 aromatic rings. The Hall–Kier alpha value is -0.610. The van der Waals surface area contributed by atoms with Gasteiger partial charge in [0.25, 0.3) is 0 Å². The summed E-state index contributed by atoms with van der Waals surface area (Å²) in [4.78, 5) is 12.7. The van der Waals surface area contributed by atoms with Gasteiger partial charge >= 0.3 is 0 Å². The molecule has 0 radical (unpaired) electrons. The fourth-order valence-electron chi connectivity index (χ4n) is 1.34. The Labute approximate surface area is 66.0 Å². The Kier molecular flexibility index (Phi) is 2.84. The highest BCUT2D eigenvalue weighted by Gasteiger charge is 2.24. The van der Waals surface area contributed by atoms with E-state index in [1.807, 2.05) is 0 Å². The summed E-state index contributed by atoms with van der Waals surface area (Å²) in [5.41, 5.74) is 5.19. The number of aliphatic hydroxyl groups is 1. The van der Waals surface area contributed by atoms with Crippen LogP contribution in [0.25, 0.3) is 0 Å². The summed E-state index contributed by atoms with van der Waals surface area (Å²) in [7, 11) is 0. The summed E-state index contributed by atoms with van der Waals surface area (Å²) < 4.78 is 0. The van der Waals surface area contributed by atoms with Crippen LogP contribution in [0, 0.1) is 5.92 Å². The van der Waals surface area contributed by atoms with E-state index in [-0.39, 0.29) is 25.0 Å². The van der Waals surface area contributed by atoms with E-state index in [4.69, 9.17) is 10.8 Å². The fraction of sp³-hybridized carbons (Fsp3) is 0.857. The molecule has 1 aliphatic rings. The van der Waals surface area contributed by atoms with E-state index in [1.54, 1.807) is 4.90 Å². The molecule has 1 fully saturated rings. The van der Waals surface area contributed by atoms with Gasteiger partial charge in [0.2, 0.25) is 5.91 Å². The number of nitrogens with two attached hydrogens (primary N) is 1. The summed E-state index contributed by atoms with van der Waals surface area (Å²) in [6, 6.07) is 0. The lowest BCUT2D eigenvalue weighted by Gasteiger charge is -2.14. The zero-order valence-electron chi connectivity index (χ0n) is 6.49. The minimum absolute atomic E-state index is 0.0130. The van der Waals surface area contributed by atoms with Crippen LogP contribution in [-0.2, 0) is 4.79 Å². The van der Waals surface area contributed by atoms with Crippen LogP contribution < -0.4 is 5.73 Å². The van der Waals surface area contributed by atoms with Crippen LogP contribution >= 0.6 is 0 Å². The van der Waals surface area contributed by atoms with Gasteiger partial charge in [0.15, 0.2) is 0 Å². The number of hydrogen-bond acceptors (Lipinski definition) is 3. The first-order chi connectivity index (χ1) is 5.27. The van der Waals surface area contributed by atoms with Crippen LogP contribution in [0.1, 0.15) is 6.42 Å². The molecule has 1 saturated heterocycles. The average molecular weight is 158 g/mol. The molecule has 0 saturated carbocycles. The molecule has 4 nitrogen and oxygen atoms in total. The number of aliphatic hydroxyl groups excluding tert-OH is 1. The predicted octanol–water partition coefficient (Wildman–Crippen LogP) is -1.21. The van der Waals surface area contributed by atoms with Crippen LogP contribution in [-0.4, -0.2) is 42.2 Å². The maximum Gasteiger partial charge on any atom is 0.236 e. The molecule has 1 aliphatic heterocycles. The molecule has 0 aliphatic carbocycles. The molecule has 0 aromatic carbocycles. The molecule has 3 N–H and O–H groups in total. The minimum Gasteiger partial charge on any atom is -0.396 e. The monoisotopic (exact) mass is 158 g/mol. The number of hydrogen-bond donors (Lipinski definition) is 2. The van der Waals surface area contributed by atoms with Crippen LogP contribution in [0.2, 0.25) is 0 Å². The number of carbonyl (C=O) groups is 1. The van der Waals surface area contributed by atoms with Crippen molar-refractivity contribution in [2.45, 2.75) is 6.42 Å². The average Bonchev–Trinajstić information content (AvgIpc) is 2.50. The molecule has 11 heavy (non-hydrogen) atoms. The summed E-state index contributed by atoms with van der Waals surface area (Å²) >= 11 is 0. The summed E-state index contributed by atoms with van der Waals surface area (Å²) in [5, 5.41) is 8.77. The second kappa shape index (κ2) is 3.69. The normalized spacial score (nSPS) is 24.2. The molecule has 1 amide bonds. The van der Waals surface area contributed by atoms with Crippen molar-refractivity contribution in [3.63, 3.8) is 0 Å². The maximum absolute atomic E-state index is 11.0. The topological polar surface area (TPSA) is 66.6 Å². The summed E-state index contributed by atoms with van der Waals surface area (Å²) in [5.74, 6) is 0.256. The molecule has 1 heterocycles. The van der Waals surface area contributed by atoms with Gasteiger partial charge in [0.1, 0.15) is 0 Å². The Morgan fingerprint density at radius 3 is 2.91 bits per heavy atom. The van der Waals surface area contributed by atoms with E-state index in [1.165, 1.54) is 0 Å². The maximum atomic E-state index is 11.0. The highest BCUT2D eigenvalue weighted by molar-refractivity contribution is 5.78. The van der Waals surface area contributed by atoms with Gasteiger partial charge in [0.05, 0.1) is 6.54 Å². The van der Waals surface area contributed by atoms with Gasteiger partial charge in [-0.05, 0) is 6.42 Å². The molecule has 0 spiro atoms. The first kappa shape index (κ1) is 8.49. The standard InChI is InChI=1S/C7H14N2O2/c8-3-7(11)9-2-1-6(4-9)5-10/h6,10H,1-5,8H2/t6-/m1/s1. The van der Waals surface area contributed by atoms with Crippen molar-refractivity contribution in [1.82, 2.24) is 4.90 Å². The van der Waals surface area contributed by atoms with Gasteiger partial charge in [0, 0.05) is 25.6 Å². The molecule has 0 bridgehead atoms. The molecular formula is C7H14N2O2. The second-order valence-electron chi connectivity index (χ2n) is 2.88. The lowest BCUT2D eigenvalue weighted by Crippen LogP contribution is -2.34. The third-order valence-corrected chi connectivity index (χ3v) is 2.07. The van der Waals surface area contributed by atoms with Gasteiger partial charge in [-0.15, -0.1) is 0 Å². The van der Waals surface area contributed by atoms with Crippen molar-refractivity contribution in [3.05, 3.63) is 0 Å². The predicted molar refractivity (Wildman–Crippen MR) is 40.8 cm³/mol. The number of carbonyl (C=O) groups excluding carboxylic acids is 1. The Morgan fingerprint density at radius 1 is 1.73 bits per heavy atom. The zero-order valence-corrected chi connectivity index (χ0v) is 6.49. The lowest BCUT2D eigenvalue weighted by atomic mass is 10.1. The fourth-order valence-corrected chi connectivity index (χ4v) is 1.34. The summed E-state index contributed by atoms with van der Waals surface area (Å²) in [6.45, 7) is 1.68. The van der Waals surface area contributed by atoms with Crippen molar-refractivity contribution < 1.29 is 9.90 Å². The highest BCUT2D eigenvalue weighted by Crippen LogP contribution is 2.14. The van der Waals surface area contributed by atoms with E-state index in [9.17, 15) is 4.79 Å². The van der Waals surface area contributed by atoms with Gasteiger partial charge in [-0.1, -0.05) is 0 Å². The SMILES string of the molecule is NCC(=O)N1CC[C@@H](CO)C1. The van der Waals surface area contributed by atoms with E-state index >= 15 is 0 Å². The van der Waals surface area contributed by atoms with Crippen molar-refractivity contribution >= 4 is 5.91 Å². The Balaban J connectivity index is 2.35. The van der Waals surface area contributed by atoms with Crippen LogP contribution in [0.3, 0.4) is 0 Å². The quantitative estimate of drug-likeness (QED) is 0.529. The molecule has 0 unspecified atom stereocenters. The van der Waals surface area contributed by atoms with E-state index in [0.717, 1.165) is 13.0 Å². The van der Waals surface area contributed by atoms with E-state index in [2.05, 4.69) is 0 Å². The zero-order chi connectivity index (χ0) is 8.27. The van der Waals surface area contributed by atoms with Crippen LogP contribution in [0.5, 0.6) is 0 Å². The number of rotatable bonds is 2. The third kappa shape index (κ3) is 1.91. The Bertz CT molecular complexity index is 149. The van der Waals surface area contributed by atoms with Gasteiger partial charge in [-0.3, -0.25) is 4.79 Å². The molecule has 64 valence electrons. The first-order valence-corrected chi connectivity index (χ1v) is 3.86. The van der Waals surface area contributed by atoms with Crippen molar-refractivity contribution in [1.29, 1.82) is 0 Å². The number of likely N-dealkylation sites (tertiary alicyclic amines) is 1. The molecule has 1 rings (SSSR count). The minimum atomic E-state index is -0.0130. The van der Waals surface area contributed by atoms with Crippen LogP contribution in [0.4, 0.5) is 0 Å². The van der Waals surface area contributed by atoms with Crippen molar-refractivity contribution in [2.75, 3.05) is 26.2 Å². The molecule has 0 aromatic heterocycles. The lowest BCUT2D eigenvalue weighted by molar-refractivity contribution is -0.128.